The Morgan fingerprint density at radius 1 is 1.12 bits per heavy atom. The van der Waals surface area contributed by atoms with Gasteiger partial charge in [0.05, 0.1) is 24.5 Å². The average Bonchev–Trinajstić information content (AvgIpc) is 2.55. The molecule has 2 N–H and O–H groups in total. The maximum absolute atomic E-state index is 13.5. The van der Waals surface area contributed by atoms with Crippen LogP contribution >= 0.6 is 0 Å². The number of benzene rings is 2. The molecule has 0 aromatic heterocycles. The molecule has 1 amide bonds. The number of anilines is 2. The number of carbonyl (C=O) groups is 1. The van der Waals surface area contributed by atoms with Gasteiger partial charge in [0.2, 0.25) is 5.91 Å². The van der Waals surface area contributed by atoms with E-state index in [4.69, 9.17) is 4.74 Å². The first-order valence-electron chi connectivity index (χ1n) is 7.57. The van der Waals surface area contributed by atoms with E-state index in [2.05, 4.69) is 10.6 Å². The highest BCUT2D eigenvalue weighted by molar-refractivity contribution is 7.90. The van der Waals surface area contributed by atoms with Gasteiger partial charge >= 0.3 is 0 Å². The number of rotatable bonds is 7. The Labute approximate surface area is 145 Å². The maximum atomic E-state index is 13.5. The number of nitrogens with one attached hydrogen (secondary N) is 2. The molecule has 25 heavy (non-hydrogen) atoms. The molecule has 0 aliphatic carbocycles. The zero-order valence-corrected chi connectivity index (χ0v) is 14.7. The van der Waals surface area contributed by atoms with Crippen LogP contribution in [0.4, 0.5) is 15.8 Å². The quantitative estimate of drug-likeness (QED) is 0.787. The zero-order chi connectivity index (χ0) is 18.4. The lowest BCUT2D eigenvalue weighted by atomic mass is 10.2. The van der Waals surface area contributed by atoms with Gasteiger partial charge in [0, 0.05) is 6.26 Å². The van der Waals surface area contributed by atoms with Crippen molar-refractivity contribution in [2.75, 3.05) is 30.0 Å². The molecule has 0 radical (unpaired) electrons. The molecular formula is C17H19FN2O4S. The van der Waals surface area contributed by atoms with Crippen molar-refractivity contribution in [2.45, 2.75) is 11.8 Å². The predicted octanol–water partition coefficient (Wildman–Crippen LogP) is 2.68. The summed E-state index contributed by atoms with van der Waals surface area (Å²) < 4.78 is 42.7. The molecular weight excluding hydrogens is 347 g/mol. The Balaban J connectivity index is 2.15. The van der Waals surface area contributed by atoms with Crippen LogP contribution in [0.2, 0.25) is 0 Å². The second-order valence-corrected chi connectivity index (χ2v) is 7.20. The van der Waals surface area contributed by atoms with E-state index in [1.807, 2.05) is 0 Å². The molecule has 0 fully saturated rings. The first kappa shape index (κ1) is 18.7. The van der Waals surface area contributed by atoms with Crippen molar-refractivity contribution in [3.8, 4) is 5.75 Å². The molecule has 2 rings (SSSR count). The van der Waals surface area contributed by atoms with E-state index in [1.54, 1.807) is 25.1 Å². The summed E-state index contributed by atoms with van der Waals surface area (Å²) in [5, 5.41) is 5.27. The van der Waals surface area contributed by atoms with Crippen molar-refractivity contribution in [2.24, 2.45) is 0 Å². The smallest absolute Gasteiger partial charge is 0.243 e. The van der Waals surface area contributed by atoms with E-state index < -0.39 is 21.6 Å². The molecule has 134 valence electrons. The van der Waals surface area contributed by atoms with E-state index in [0.29, 0.717) is 5.69 Å². The minimum Gasteiger partial charge on any atom is -0.490 e. The Morgan fingerprint density at radius 2 is 1.80 bits per heavy atom. The van der Waals surface area contributed by atoms with Gasteiger partial charge in [0.1, 0.15) is 10.7 Å². The third-order valence-electron chi connectivity index (χ3n) is 3.25. The number of hydrogen-bond donors (Lipinski definition) is 2. The van der Waals surface area contributed by atoms with E-state index in [1.165, 1.54) is 24.3 Å². The van der Waals surface area contributed by atoms with Crippen LogP contribution in [-0.4, -0.2) is 33.7 Å². The van der Waals surface area contributed by atoms with Gasteiger partial charge < -0.3 is 15.4 Å². The van der Waals surface area contributed by atoms with Crippen LogP contribution in [0.15, 0.2) is 47.4 Å². The largest absolute Gasteiger partial charge is 0.490 e. The fraction of sp³-hybridized carbons (Fsp3) is 0.235. The van der Waals surface area contributed by atoms with Gasteiger partial charge in [-0.25, -0.2) is 12.8 Å². The van der Waals surface area contributed by atoms with Gasteiger partial charge in [-0.05, 0) is 31.2 Å². The normalized spacial score (nSPS) is 11.0. The summed E-state index contributed by atoms with van der Waals surface area (Å²) in [5.74, 6) is -0.853. The Hall–Kier alpha value is -2.61. The number of hydrogen-bond acceptors (Lipinski definition) is 5. The number of para-hydroxylation sites is 2. The summed E-state index contributed by atoms with van der Waals surface area (Å²) >= 11 is 0. The fourth-order valence-electron chi connectivity index (χ4n) is 2.17. The average molecular weight is 366 g/mol. The fourth-order valence-corrected chi connectivity index (χ4v) is 3.00. The summed E-state index contributed by atoms with van der Waals surface area (Å²) in [7, 11) is -3.49. The van der Waals surface area contributed by atoms with Gasteiger partial charge in [-0.3, -0.25) is 4.79 Å². The molecule has 0 heterocycles. The molecule has 2 aromatic rings. The SMILES string of the molecule is CCOc1c(NCC(=O)Nc2ccccc2F)cccc1S(C)(=O)=O. The number of carbonyl (C=O) groups excluding carboxylic acids is 1. The highest BCUT2D eigenvalue weighted by Gasteiger charge is 2.18. The molecule has 8 heteroatoms. The summed E-state index contributed by atoms with van der Waals surface area (Å²) in [6, 6.07) is 10.4. The molecule has 0 unspecified atom stereocenters. The minimum atomic E-state index is -3.49. The molecule has 0 bridgehead atoms. The molecule has 0 saturated carbocycles. The summed E-state index contributed by atoms with van der Waals surface area (Å²) in [6.07, 6.45) is 1.08. The van der Waals surface area contributed by atoms with E-state index in [0.717, 1.165) is 6.26 Å². The lowest BCUT2D eigenvalue weighted by Gasteiger charge is -2.15. The third-order valence-corrected chi connectivity index (χ3v) is 4.37. The molecule has 6 nitrogen and oxygen atoms in total. The molecule has 2 aromatic carbocycles. The van der Waals surface area contributed by atoms with Gasteiger partial charge in [-0.15, -0.1) is 0 Å². The second-order valence-electron chi connectivity index (χ2n) is 5.22. The van der Waals surface area contributed by atoms with Gasteiger partial charge in [0.15, 0.2) is 15.6 Å². The summed E-state index contributed by atoms with van der Waals surface area (Å²) in [4.78, 5) is 12.0. The Bertz CT molecular complexity index is 869. The number of amides is 1. The van der Waals surface area contributed by atoms with Crippen molar-refractivity contribution in [3.63, 3.8) is 0 Å². The van der Waals surface area contributed by atoms with E-state index in [-0.39, 0.29) is 29.5 Å². The standard InChI is InChI=1S/C17H19FN2O4S/c1-3-24-17-14(9-6-10-15(17)25(2,22)23)19-11-16(21)20-13-8-5-4-7-12(13)18/h4-10,19H,3,11H2,1-2H3,(H,20,21). The summed E-state index contributed by atoms with van der Waals surface area (Å²) in [6.45, 7) is 1.82. The Kier molecular flexibility index (Phi) is 5.97. The second kappa shape index (κ2) is 7.98. The van der Waals surface area contributed by atoms with Crippen molar-refractivity contribution >= 4 is 27.1 Å². The summed E-state index contributed by atoms with van der Waals surface area (Å²) in [5.41, 5.74) is 0.442. The molecule has 0 aliphatic rings. The zero-order valence-electron chi connectivity index (χ0n) is 13.9. The molecule has 0 atom stereocenters. The highest BCUT2D eigenvalue weighted by Crippen LogP contribution is 2.32. The van der Waals surface area contributed by atoms with Crippen LogP contribution in [0, 0.1) is 5.82 Å². The van der Waals surface area contributed by atoms with Crippen molar-refractivity contribution < 1.29 is 22.3 Å². The van der Waals surface area contributed by atoms with Crippen LogP contribution in [0.3, 0.4) is 0 Å². The monoisotopic (exact) mass is 366 g/mol. The van der Waals surface area contributed by atoms with Crippen molar-refractivity contribution in [1.82, 2.24) is 0 Å². The van der Waals surface area contributed by atoms with Crippen LogP contribution in [0.1, 0.15) is 6.92 Å². The van der Waals surface area contributed by atoms with Crippen LogP contribution in [-0.2, 0) is 14.6 Å². The number of ether oxygens (including phenoxy) is 1. The third kappa shape index (κ3) is 4.93. The maximum Gasteiger partial charge on any atom is 0.243 e. The predicted molar refractivity (Wildman–Crippen MR) is 94.2 cm³/mol. The molecule has 0 saturated heterocycles. The van der Waals surface area contributed by atoms with Crippen molar-refractivity contribution in [3.05, 3.63) is 48.3 Å². The van der Waals surface area contributed by atoms with Crippen molar-refractivity contribution in [1.29, 1.82) is 0 Å². The molecule has 0 spiro atoms. The first-order valence-corrected chi connectivity index (χ1v) is 9.46. The van der Waals surface area contributed by atoms with E-state index in [9.17, 15) is 17.6 Å². The van der Waals surface area contributed by atoms with Crippen LogP contribution in [0.5, 0.6) is 5.75 Å². The minimum absolute atomic E-state index is 0.0360. The number of sulfone groups is 1. The first-order chi connectivity index (χ1) is 11.8. The van der Waals surface area contributed by atoms with Gasteiger partial charge in [0.25, 0.3) is 0 Å². The Morgan fingerprint density at radius 3 is 2.44 bits per heavy atom. The lowest BCUT2D eigenvalue weighted by molar-refractivity contribution is -0.114. The van der Waals surface area contributed by atoms with E-state index >= 15 is 0 Å². The topological polar surface area (TPSA) is 84.5 Å². The highest BCUT2D eigenvalue weighted by atomic mass is 32.2. The lowest BCUT2D eigenvalue weighted by Crippen LogP contribution is -2.22. The number of halogens is 1. The van der Waals surface area contributed by atoms with Crippen LogP contribution < -0.4 is 15.4 Å². The van der Waals surface area contributed by atoms with Crippen LogP contribution in [0.25, 0.3) is 0 Å². The molecule has 0 aliphatic heterocycles. The van der Waals surface area contributed by atoms with Gasteiger partial charge in [-0.1, -0.05) is 18.2 Å². The van der Waals surface area contributed by atoms with Gasteiger partial charge in [-0.2, -0.15) is 0 Å².